The topological polar surface area (TPSA) is 73.5 Å². The number of likely N-dealkylation sites (N-methyl/N-ethyl adjacent to an activating group) is 1. The highest BCUT2D eigenvalue weighted by Gasteiger charge is 2.16. The third-order valence-corrected chi connectivity index (χ3v) is 6.95. The molecule has 0 fully saturated rings. The predicted octanol–water partition coefficient (Wildman–Crippen LogP) is 6.62. The molecule has 35 heavy (non-hydrogen) atoms. The van der Waals surface area contributed by atoms with E-state index in [9.17, 15) is 0 Å². The first-order valence-corrected chi connectivity index (χ1v) is 12.3. The van der Waals surface area contributed by atoms with Gasteiger partial charge in [-0.1, -0.05) is 24.8 Å². The zero-order valence-corrected chi connectivity index (χ0v) is 21.2. The molecule has 0 aliphatic heterocycles. The summed E-state index contributed by atoms with van der Waals surface area (Å²) in [7, 11) is 4.11. The molecular weight excluding hydrogens is 452 g/mol. The summed E-state index contributed by atoms with van der Waals surface area (Å²) < 4.78 is 0. The molecule has 2 N–H and O–H groups in total. The van der Waals surface area contributed by atoms with Crippen molar-refractivity contribution in [2.45, 2.75) is 13.8 Å². The number of nitrogens with zero attached hydrogens (tertiary/aromatic N) is 4. The Morgan fingerprint density at radius 1 is 1.14 bits per heavy atom. The first-order valence-electron chi connectivity index (χ1n) is 11.5. The summed E-state index contributed by atoms with van der Waals surface area (Å²) in [6.45, 7) is 8.96. The zero-order chi connectivity index (χ0) is 24.5. The van der Waals surface area contributed by atoms with Gasteiger partial charge < -0.3 is 9.88 Å². The molecule has 5 rings (SSSR count). The molecule has 0 saturated heterocycles. The van der Waals surface area contributed by atoms with Crippen LogP contribution in [0.4, 0.5) is 0 Å². The van der Waals surface area contributed by atoms with E-state index in [1.807, 2.05) is 31.5 Å². The van der Waals surface area contributed by atoms with Crippen molar-refractivity contribution in [3.8, 4) is 22.0 Å². The second kappa shape index (κ2) is 9.44. The van der Waals surface area contributed by atoms with E-state index < -0.39 is 0 Å². The fourth-order valence-electron chi connectivity index (χ4n) is 4.28. The minimum Gasteiger partial charge on any atom is -0.353 e. The highest BCUT2D eigenvalue weighted by molar-refractivity contribution is 7.15. The van der Waals surface area contributed by atoms with Crippen molar-refractivity contribution in [1.82, 2.24) is 30.0 Å². The second-order valence-corrected chi connectivity index (χ2v) is 10.1. The number of fused-ring (bicyclic) bond motifs is 2. The van der Waals surface area contributed by atoms with Crippen LogP contribution in [0.25, 0.3) is 49.5 Å². The standard InChI is InChI=1S/C28H28N6S/c1-6-18(16-34(4)5)12-19(7-2)20-13-22-26(32-33-28(22)30-15-20)24-14-21-23(31-24)10-11-29-27(21)25-9-8-17(3)35-25/h6-15,31H,1,16H2,2-5H3,(H,30,32,33)/b18-12+,19-7+. The molecule has 0 unspecified atom stereocenters. The van der Waals surface area contributed by atoms with E-state index in [1.54, 1.807) is 11.3 Å². The molecule has 5 aromatic rings. The number of hydrogen-bond donors (Lipinski definition) is 2. The molecule has 0 amide bonds. The first kappa shape index (κ1) is 23.0. The molecule has 6 nitrogen and oxygen atoms in total. The van der Waals surface area contributed by atoms with Crippen molar-refractivity contribution in [3.05, 3.63) is 83.5 Å². The number of thiophene rings is 1. The number of hydrogen-bond acceptors (Lipinski definition) is 5. The van der Waals surface area contributed by atoms with Gasteiger partial charge in [-0.2, -0.15) is 5.10 Å². The SMILES string of the molecule is C=C/C(=C\C(=C/C)c1cnc2n[nH]c(-c3cc4c(-c5ccc(C)s5)nccc4[nH]3)c2c1)CN(C)C. The number of pyridine rings is 2. The molecule has 5 aromatic heterocycles. The van der Waals surface area contributed by atoms with Crippen LogP contribution >= 0.6 is 11.3 Å². The number of rotatable bonds is 7. The van der Waals surface area contributed by atoms with Crippen LogP contribution in [0, 0.1) is 6.92 Å². The Labute approximate surface area is 208 Å². The fraction of sp³-hybridized carbons (Fsp3) is 0.179. The van der Waals surface area contributed by atoms with Crippen molar-refractivity contribution in [1.29, 1.82) is 0 Å². The molecule has 0 spiro atoms. The van der Waals surface area contributed by atoms with Crippen LogP contribution < -0.4 is 0 Å². The van der Waals surface area contributed by atoms with Crippen LogP contribution in [-0.4, -0.2) is 50.7 Å². The number of H-pyrrole nitrogens is 2. The maximum Gasteiger partial charge on any atom is 0.181 e. The van der Waals surface area contributed by atoms with Crippen LogP contribution in [-0.2, 0) is 0 Å². The van der Waals surface area contributed by atoms with E-state index in [4.69, 9.17) is 0 Å². The number of nitrogens with one attached hydrogen (secondary N) is 2. The lowest BCUT2D eigenvalue weighted by atomic mass is 10.0. The summed E-state index contributed by atoms with van der Waals surface area (Å²) in [4.78, 5) is 17.4. The third-order valence-electron chi connectivity index (χ3n) is 5.95. The third kappa shape index (κ3) is 4.48. The summed E-state index contributed by atoms with van der Waals surface area (Å²) in [6, 6.07) is 10.6. The van der Waals surface area contributed by atoms with Gasteiger partial charge in [0.15, 0.2) is 5.65 Å². The van der Waals surface area contributed by atoms with Crippen molar-refractivity contribution in [2.24, 2.45) is 0 Å². The van der Waals surface area contributed by atoms with Gasteiger partial charge >= 0.3 is 0 Å². The molecule has 0 bridgehead atoms. The number of allylic oxidation sites excluding steroid dienone is 3. The minimum absolute atomic E-state index is 0.686. The van der Waals surface area contributed by atoms with Crippen LogP contribution in [0.1, 0.15) is 17.4 Å². The Hall–Kier alpha value is -3.81. The molecule has 0 saturated carbocycles. The average molecular weight is 481 g/mol. The molecule has 176 valence electrons. The lowest BCUT2D eigenvalue weighted by Crippen LogP contribution is -2.14. The van der Waals surface area contributed by atoms with E-state index in [2.05, 4.69) is 94.1 Å². The van der Waals surface area contributed by atoms with Crippen LogP contribution in [0.2, 0.25) is 0 Å². The average Bonchev–Trinajstić information content (AvgIpc) is 3.58. The van der Waals surface area contributed by atoms with Gasteiger partial charge in [-0.3, -0.25) is 10.1 Å². The van der Waals surface area contributed by atoms with E-state index in [0.717, 1.165) is 61.5 Å². The predicted molar refractivity (Wildman–Crippen MR) is 148 cm³/mol. The summed E-state index contributed by atoms with van der Waals surface area (Å²) in [5.41, 5.74) is 7.87. The van der Waals surface area contributed by atoms with E-state index in [-0.39, 0.29) is 0 Å². The van der Waals surface area contributed by atoms with Gasteiger partial charge in [-0.05, 0) is 69.4 Å². The number of aromatic amines is 2. The van der Waals surface area contributed by atoms with Crippen molar-refractivity contribution >= 4 is 38.8 Å². The highest BCUT2D eigenvalue weighted by Crippen LogP contribution is 2.35. The van der Waals surface area contributed by atoms with Gasteiger partial charge in [-0.25, -0.2) is 4.98 Å². The van der Waals surface area contributed by atoms with E-state index in [1.165, 1.54) is 4.88 Å². The second-order valence-electron chi connectivity index (χ2n) is 8.81. The Kier molecular flexibility index (Phi) is 6.19. The van der Waals surface area contributed by atoms with Crippen LogP contribution in [0.3, 0.4) is 0 Å². The summed E-state index contributed by atoms with van der Waals surface area (Å²) in [5, 5.41) is 9.72. The minimum atomic E-state index is 0.686. The lowest BCUT2D eigenvalue weighted by molar-refractivity contribution is 0.449. The molecule has 0 aliphatic rings. The Morgan fingerprint density at radius 2 is 2.00 bits per heavy atom. The van der Waals surface area contributed by atoms with E-state index in [0.29, 0.717) is 5.65 Å². The normalized spacial score (nSPS) is 12.8. The maximum atomic E-state index is 4.68. The quantitative estimate of drug-likeness (QED) is 0.257. The summed E-state index contributed by atoms with van der Waals surface area (Å²) in [6.07, 6.45) is 9.91. The van der Waals surface area contributed by atoms with Gasteiger partial charge in [-0.15, -0.1) is 11.3 Å². The van der Waals surface area contributed by atoms with Crippen molar-refractivity contribution in [3.63, 3.8) is 0 Å². The van der Waals surface area contributed by atoms with Gasteiger partial charge in [0.1, 0.15) is 0 Å². The Bertz CT molecular complexity index is 1590. The Morgan fingerprint density at radius 3 is 2.71 bits per heavy atom. The van der Waals surface area contributed by atoms with Gasteiger partial charge in [0.05, 0.1) is 22.0 Å². The van der Waals surface area contributed by atoms with Crippen molar-refractivity contribution in [2.75, 3.05) is 20.6 Å². The van der Waals surface area contributed by atoms with Crippen LogP contribution in [0.15, 0.2) is 73.1 Å². The zero-order valence-electron chi connectivity index (χ0n) is 20.4. The highest BCUT2D eigenvalue weighted by atomic mass is 32.1. The molecular formula is C28H28N6S. The monoisotopic (exact) mass is 480 g/mol. The van der Waals surface area contributed by atoms with Gasteiger partial charge in [0, 0.05) is 45.7 Å². The molecule has 0 radical (unpaired) electrons. The first-order chi connectivity index (χ1) is 17.0. The molecule has 0 aliphatic carbocycles. The molecule has 7 heteroatoms. The number of aryl methyl sites for hydroxylation is 1. The smallest absolute Gasteiger partial charge is 0.181 e. The largest absolute Gasteiger partial charge is 0.353 e. The Balaban J connectivity index is 1.59. The maximum absolute atomic E-state index is 4.68. The van der Waals surface area contributed by atoms with Gasteiger partial charge in [0.25, 0.3) is 0 Å². The fourth-order valence-corrected chi connectivity index (χ4v) is 5.16. The van der Waals surface area contributed by atoms with Crippen LogP contribution in [0.5, 0.6) is 0 Å². The molecule has 5 heterocycles. The summed E-state index contributed by atoms with van der Waals surface area (Å²) in [5.74, 6) is 0. The molecule has 0 aromatic carbocycles. The number of aromatic nitrogens is 5. The van der Waals surface area contributed by atoms with E-state index >= 15 is 0 Å². The summed E-state index contributed by atoms with van der Waals surface area (Å²) >= 11 is 1.75. The van der Waals surface area contributed by atoms with Gasteiger partial charge in [0.2, 0.25) is 0 Å². The lowest BCUT2D eigenvalue weighted by Gasteiger charge is -2.11. The van der Waals surface area contributed by atoms with Crippen molar-refractivity contribution < 1.29 is 0 Å². The molecule has 0 atom stereocenters.